The fourth-order valence-corrected chi connectivity index (χ4v) is 2.70. The van der Waals surface area contributed by atoms with Crippen molar-refractivity contribution in [1.29, 1.82) is 0 Å². The Hall–Kier alpha value is -1.75. The maximum Gasteiger partial charge on any atom is 0.161 e. The predicted molar refractivity (Wildman–Crippen MR) is 104 cm³/mol. The molecule has 0 bridgehead atoms. The van der Waals surface area contributed by atoms with E-state index in [0.29, 0.717) is 17.5 Å². The van der Waals surface area contributed by atoms with Crippen LogP contribution in [0.5, 0.6) is 11.5 Å². The molecule has 0 radical (unpaired) electrons. The minimum Gasteiger partial charge on any atom is -0.493 e. The van der Waals surface area contributed by atoms with E-state index in [-0.39, 0.29) is 25.6 Å². The molecule has 5 heteroatoms. The number of hydrogen-bond acceptors (Lipinski definition) is 4. The first-order valence-corrected chi connectivity index (χ1v) is 8.47. The van der Waals surface area contributed by atoms with Gasteiger partial charge in [-0.05, 0) is 29.7 Å². The third-order valence-electron chi connectivity index (χ3n) is 3.91. The van der Waals surface area contributed by atoms with E-state index >= 15 is 0 Å². The smallest absolute Gasteiger partial charge is 0.161 e. The first-order chi connectivity index (χ1) is 11.8. The fraction of sp³-hybridized carbons (Fsp3) is 0.400. The van der Waals surface area contributed by atoms with Gasteiger partial charge in [0.1, 0.15) is 6.61 Å². The van der Waals surface area contributed by atoms with Crippen LogP contribution in [0.15, 0.2) is 48.5 Å². The monoisotopic (exact) mass is 365 g/mol. The maximum absolute atomic E-state index is 8.87. The van der Waals surface area contributed by atoms with Crippen molar-refractivity contribution in [3.8, 4) is 11.5 Å². The first kappa shape index (κ1) is 21.3. The lowest BCUT2D eigenvalue weighted by molar-refractivity contribution is 0.196. The molecule has 0 heterocycles. The van der Waals surface area contributed by atoms with E-state index in [1.165, 1.54) is 5.56 Å². The number of hydrogen-bond donors (Lipinski definition) is 2. The summed E-state index contributed by atoms with van der Waals surface area (Å²) in [6.45, 7) is 3.22. The zero-order chi connectivity index (χ0) is 17.2. The summed E-state index contributed by atoms with van der Waals surface area (Å²) in [6, 6.07) is 16.8. The van der Waals surface area contributed by atoms with E-state index in [1.54, 1.807) is 7.11 Å². The van der Waals surface area contributed by atoms with Crippen LogP contribution in [0.1, 0.15) is 36.9 Å². The molecule has 0 aliphatic carbocycles. The number of rotatable bonds is 10. The Balaban J connectivity index is 0.00000312. The predicted octanol–water partition coefficient (Wildman–Crippen LogP) is 4.12. The molecule has 0 saturated carbocycles. The van der Waals surface area contributed by atoms with Crippen LogP contribution in [0.4, 0.5) is 0 Å². The zero-order valence-corrected chi connectivity index (χ0v) is 15.7. The van der Waals surface area contributed by atoms with Gasteiger partial charge in [-0.25, -0.2) is 0 Å². The molecule has 4 nitrogen and oxygen atoms in total. The Kier molecular flexibility index (Phi) is 10.0. The number of nitrogens with one attached hydrogen (secondary N) is 1. The second kappa shape index (κ2) is 11.7. The molecule has 0 aliphatic heterocycles. The Labute approximate surface area is 156 Å². The normalized spacial score (nSPS) is 11.5. The summed E-state index contributed by atoms with van der Waals surface area (Å²) in [5.74, 6) is 1.35. The minimum absolute atomic E-state index is 0. The van der Waals surface area contributed by atoms with Gasteiger partial charge in [0.15, 0.2) is 11.5 Å². The lowest BCUT2D eigenvalue weighted by Crippen LogP contribution is -2.20. The molecule has 2 aromatic carbocycles. The fourth-order valence-electron chi connectivity index (χ4n) is 2.70. The highest BCUT2D eigenvalue weighted by Crippen LogP contribution is 2.28. The molecule has 2 N–H and O–H groups in total. The van der Waals surface area contributed by atoms with Crippen LogP contribution < -0.4 is 14.8 Å². The topological polar surface area (TPSA) is 50.7 Å². The van der Waals surface area contributed by atoms with Crippen molar-refractivity contribution < 1.29 is 14.6 Å². The average molecular weight is 366 g/mol. The number of aliphatic hydroxyl groups excluding tert-OH is 1. The van der Waals surface area contributed by atoms with Crippen LogP contribution in [0.3, 0.4) is 0 Å². The molecule has 0 aromatic heterocycles. The molecule has 0 aliphatic rings. The summed E-state index contributed by atoms with van der Waals surface area (Å²) in [5, 5.41) is 12.5. The van der Waals surface area contributed by atoms with Crippen molar-refractivity contribution in [2.45, 2.75) is 32.4 Å². The van der Waals surface area contributed by atoms with Gasteiger partial charge >= 0.3 is 0 Å². The van der Waals surface area contributed by atoms with Gasteiger partial charge < -0.3 is 19.9 Å². The largest absolute Gasteiger partial charge is 0.493 e. The van der Waals surface area contributed by atoms with E-state index in [1.807, 2.05) is 24.3 Å². The van der Waals surface area contributed by atoms with E-state index < -0.39 is 0 Å². The van der Waals surface area contributed by atoms with Gasteiger partial charge in [0.2, 0.25) is 0 Å². The lowest BCUT2D eigenvalue weighted by Gasteiger charge is -2.19. The molecule has 2 aromatic rings. The van der Waals surface area contributed by atoms with Crippen molar-refractivity contribution in [2.75, 3.05) is 20.3 Å². The van der Waals surface area contributed by atoms with Crippen molar-refractivity contribution >= 4 is 12.4 Å². The molecule has 2 rings (SSSR count). The van der Waals surface area contributed by atoms with E-state index in [4.69, 9.17) is 14.6 Å². The van der Waals surface area contributed by atoms with Crippen LogP contribution in [-0.4, -0.2) is 25.4 Å². The maximum atomic E-state index is 8.87. The van der Waals surface area contributed by atoms with Gasteiger partial charge in [0, 0.05) is 12.6 Å². The summed E-state index contributed by atoms with van der Waals surface area (Å²) in [4.78, 5) is 0. The molecule has 0 amide bonds. The van der Waals surface area contributed by atoms with Crippen LogP contribution >= 0.6 is 12.4 Å². The Morgan fingerprint density at radius 1 is 1.08 bits per heavy atom. The van der Waals surface area contributed by atoms with Gasteiger partial charge in [-0.15, -0.1) is 12.4 Å². The molecule has 1 atom stereocenters. The van der Waals surface area contributed by atoms with E-state index in [0.717, 1.165) is 24.9 Å². The van der Waals surface area contributed by atoms with Gasteiger partial charge in [-0.2, -0.15) is 0 Å². The van der Waals surface area contributed by atoms with Crippen molar-refractivity contribution in [2.24, 2.45) is 0 Å². The SMILES string of the molecule is CCCC(NCc1ccc(OCCO)c(OC)c1)c1ccccc1.Cl. The molecule has 0 spiro atoms. The molecule has 0 saturated heterocycles. The van der Waals surface area contributed by atoms with Crippen LogP contribution in [0, 0.1) is 0 Å². The number of ether oxygens (including phenoxy) is 2. The quantitative estimate of drug-likeness (QED) is 0.665. The third-order valence-corrected chi connectivity index (χ3v) is 3.91. The molecule has 138 valence electrons. The second-order valence-corrected chi connectivity index (χ2v) is 5.69. The molecule has 0 fully saturated rings. The Morgan fingerprint density at radius 3 is 2.48 bits per heavy atom. The zero-order valence-electron chi connectivity index (χ0n) is 14.9. The molecule has 1 unspecified atom stereocenters. The number of benzene rings is 2. The molecular weight excluding hydrogens is 338 g/mol. The third kappa shape index (κ3) is 6.58. The lowest BCUT2D eigenvalue weighted by atomic mass is 10.0. The van der Waals surface area contributed by atoms with E-state index in [2.05, 4.69) is 36.5 Å². The minimum atomic E-state index is -0.0117. The Bertz CT molecular complexity index is 607. The van der Waals surface area contributed by atoms with Crippen molar-refractivity contribution in [3.05, 3.63) is 59.7 Å². The molecule has 25 heavy (non-hydrogen) atoms. The van der Waals surface area contributed by atoms with Crippen LogP contribution in [0.25, 0.3) is 0 Å². The summed E-state index contributed by atoms with van der Waals surface area (Å²) >= 11 is 0. The number of halogens is 1. The number of methoxy groups -OCH3 is 1. The highest BCUT2D eigenvalue weighted by atomic mass is 35.5. The van der Waals surface area contributed by atoms with Crippen LogP contribution in [-0.2, 0) is 6.54 Å². The summed E-state index contributed by atoms with van der Waals surface area (Å²) < 4.78 is 10.9. The average Bonchev–Trinajstić information content (AvgIpc) is 2.64. The Morgan fingerprint density at radius 2 is 1.84 bits per heavy atom. The van der Waals surface area contributed by atoms with Crippen LogP contribution in [0.2, 0.25) is 0 Å². The highest BCUT2D eigenvalue weighted by molar-refractivity contribution is 5.85. The summed E-state index contributed by atoms with van der Waals surface area (Å²) in [7, 11) is 1.63. The molecular formula is C20H28ClNO3. The van der Waals surface area contributed by atoms with Crippen molar-refractivity contribution in [3.63, 3.8) is 0 Å². The standard InChI is InChI=1S/C20H27NO3.ClH/c1-3-7-18(17-8-5-4-6-9-17)21-15-16-10-11-19(24-13-12-22)20(14-16)23-2;/h4-6,8-11,14,18,21-22H,3,7,12-13,15H2,1-2H3;1H. The van der Waals surface area contributed by atoms with Gasteiger partial charge in [0.05, 0.1) is 13.7 Å². The number of aliphatic hydroxyl groups is 1. The van der Waals surface area contributed by atoms with Gasteiger partial charge in [-0.1, -0.05) is 49.7 Å². The summed E-state index contributed by atoms with van der Waals surface area (Å²) in [5.41, 5.74) is 2.45. The first-order valence-electron chi connectivity index (χ1n) is 8.47. The van der Waals surface area contributed by atoms with Crippen molar-refractivity contribution in [1.82, 2.24) is 5.32 Å². The highest BCUT2D eigenvalue weighted by Gasteiger charge is 2.11. The van der Waals surface area contributed by atoms with E-state index in [9.17, 15) is 0 Å². The van der Waals surface area contributed by atoms with Gasteiger partial charge in [0.25, 0.3) is 0 Å². The second-order valence-electron chi connectivity index (χ2n) is 5.69. The van der Waals surface area contributed by atoms with Gasteiger partial charge in [-0.3, -0.25) is 0 Å². The summed E-state index contributed by atoms with van der Waals surface area (Å²) in [6.07, 6.45) is 2.22.